The lowest BCUT2D eigenvalue weighted by Crippen LogP contribution is -2.13. The Balaban J connectivity index is 1.79. The standard InChI is InChI=1S/C17H13FN2O3S2/c1-8-12(9-2-4-10(18)5-3-9)13-14(21)19-17(20-15(13)24-8)25-11-6-7-23-16(11)22/h2-5,11H,6-7H2,1H3,(H,19,20,21)/t11-/m1/s1. The summed E-state index contributed by atoms with van der Waals surface area (Å²) in [6.45, 7) is 2.31. The van der Waals surface area contributed by atoms with E-state index in [2.05, 4.69) is 9.97 Å². The molecule has 25 heavy (non-hydrogen) atoms. The molecular formula is C17H13FN2O3S2. The molecule has 5 nitrogen and oxygen atoms in total. The Morgan fingerprint density at radius 3 is 2.76 bits per heavy atom. The van der Waals surface area contributed by atoms with Crippen LogP contribution >= 0.6 is 23.1 Å². The Hall–Kier alpha value is -2.19. The van der Waals surface area contributed by atoms with E-state index in [9.17, 15) is 14.0 Å². The van der Waals surface area contributed by atoms with Gasteiger partial charge in [0.25, 0.3) is 5.56 Å². The number of rotatable bonds is 3. The fraction of sp³-hybridized carbons (Fsp3) is 0.235. The number of aromatic amines is 1. The van der Waals surface area contributed by atoms with Crippen LogP contribution in [0.3, 0.4) is 0 Å². The number of nitrogens with one attached hydrogen (secondary N) is 1. The number of halogens is 1. The van der Waals surface area contributed by atoms with Gasteiger partial charge in [-0.2, -0.15) is 0 Å². The van der Waals surface area contributed by atoms with Gasteiger partial charge in [0.1, 0.15) is 15.9 Å². The zero-order valence-corrected chi connectivity index (χ0v) is 14.8. The molecule has 1 N–H and O–H groups in total. The van der Waals surface area contributed by atoms with Crippen molar-refractivity contribution < 1.29 is 13.9 Å². The van der Waals surface area contributed by atoms with Crippen LogP contribution in [0.4, 0.5) is 4.39 Å². The van der Waals surface area contributed by atoms with Crippen LogP contribution in [-0.2, 0) is 9.53 Å². The first-order valence-electron chi connectivity index (χ1n) is 7.65. The fourth-order valence-corrected chi connectivity index (χ4v) is 4.89. The number of thiophene rings is 1. The van der Waals surface area contributed by atoms with Crippen LogP contribution in [0, 0.1) is 12.7 Å². The van der Waals surface area contributed by atoms with Gasteiger partial charge >= 0.3 is 5.97 Å². The van der Waals surface area contributed by atoms with E-state index in [0.29, 0.717) is 28.4 Å². The lowest BCUT2D eigenvalue weighted by atomic mass is 10.0. The van der Waals surface area contributed by atoms with Gasteiger partial charge in [-0.05, 0) is 24.6 Å². The number of cyclic esters (lactones) is 1. The van der Waals surface area contributed by atoms with Gasteiger partial charge in [0.15, 0.2) is 5.16 Å². The summed E-state index contributed by atoms with van der Waals surface area (Å²) in [7, 11) is 0. The van der Waals surface area contributed by atoms with Gasteiger partial charge in [-0.3, -0.25) is 9.59 Å². The molecule has 128 valence electrons. The van der Waals surface area contributed by atoms with Crippen LogP contribution in [0.5, 0.6) is 0 Å². The largest absolute Gasteiger partial charge is 0.465 e. The fourth-order valence-electron chi connectivity index (χ4n) is 2.84. The number of thioether (sulfide) groups is 1. The minimum atomic E-state index is -0.335. The SMILES string of the molecule is Cc1sc2nc(S[C@@H]3CCOC3=O)[nH]c(=O)c2c1-c1ccc(F)cc1. The maximum Gasteiger partial charge on any atom is 0.319 e. The van der Waals surface area contributed by atoms with E-state index in [4.69, 9.17) is 4.74 Å². The molecule has 1 aromatic carbocycles. The minimum Gasteiger partial charge on any atom is -0.465 e. The molecule has 1 fully saturated rings. The highest BCUT2D eigenvalue weighted by Gasteiger charge is 2.29. The molecule has 4 rings (SSSR count). The van der Waals surface area contributed by atoms with Crippen molar-refractivity contribution in [2.75, 3.05) is 6.61 Å². The molecule has 3 heterocycles. The third-order valence-electron chi connectivity index (χ3n) is 3.99. The van der Waals surface area contributed by atoms with Gasteiger partial charge in [0, 0.05) is 16.9 Å². The molecule has 1 saturated heterocycles. The number of hydrogen-bond acceptors (Lipinski definition) is 6. The smallest absolute Gasteiger partial charge is 0.319 e. The summed E-state index contributed by atoms with van der Waals surface area (Å²) in [6, 6.07) is 6.05. The van der Waals surface area contributed by atoms with E-state index in [1.807, 2.05) is 6.92 Å². The van der Waals surface area contributed by atoms with Crippen molar-refractivity contribution in [1.82, 2.24) is 9.97 Å². The van der Waals surface area contributed by atoms with E-state index in [1.165, 1.54) is 35.2 Å². The van der Waals surface area contributed by atoms with Crippen molar-refractivity contribution in [3.8, 4) is 11.1 Å². The van der Waals surface area contributed by atoms with Crippen LogP contribution in [0.1, 0.15) is 11.3 Å². The number of H-pyrrole nitrogens is 1. The zero-order chi connectivity index (χ0) is 17.6. The molecular weight excluding hydrogens is 363 g/mol. The van der Waals surface area contributed by atoms with Crippen molar-refractivity contribution in [1.29, 1.82) is 0 Å². The highest BCUT2D eigenvalue weighted by molar-refractivity contribution is 8.00. The molecule has 0 amide bonds. The summed E-state index contributed by atoms with van der Waals surface area (Å²) < 4.78 is 18.1. The lowest BCUT2D eigenvalue weighted by molar-refractivity contribution is -0.137. The first-order chi connectivity index (χ1) is 12.0. The second kappa shape index (κ2) is 6.27. The third kappa shape index (κ3) is 2.96. The monoisotopic (exact) mass is 376 g/mol. The summed E-state index contributed by atoms with van der Waals surface area (Å²) in [5, 5.41) is 0.568. The summed E-state index contributed by atoms with van der Waals surface area (Å²) in [5.41, 5.74) is 1.28. The minimum absolute atomic E-state index is 0.262. The molecule has 0 aliphatic carbocycles. The molecule has 3 aromatic rings. The van der Waals surface area contributed by atoms with Crippen LogP contribution < -0.4 is 5.56 Å². The van der Waals surface area contributed by atoms with E-state index in [0.717, 1.165) is 16.0 Å². The normalized spacial score (nSPS) is 17.2. The van der Waals surface area contributed by atoms with Gasteiger partial charge in [-0.25, -0.2) is 9.37 Å². The average Bonchev–Trinajstić information content (AvgIpc) is 3.11. The molecule has 1 aliphatic rings. The van der Waals surface area contributed by atoms with Crippen molar-refractivity contribution in [3.05, 3.63) is 45.3 Å². The molecule has 0 spiro atoms. The number of aromatic nitrogens is 2. The molecule has 0 unspecified atom stereocenters. The Labute approximate surface area is 150 Å². The number of carbonyl (C=O) groups is 1. The molecule has 2 aromatic heterocycles. The van der Waals surface area contributed by atoms with Crippen molar-refractivity contribution in [3.63, 3.8) is 0 Å². The first kappa shape index (κ1) is 16.3. The molecule has 0 bridgehead atoms. The summed E-state index contributed by atoms with van der Waals surface area (Å²) in [4.78, 5) is 33.0. The molecule has 1 aliphatic heterocycles. The maximum absolute atomic E-state index is 13.2. The maximum atomic E-state index is 13.2. The van der Waals surface area contributed by atoms with E-state index in [1.54, 1.807) is 12.1 Å². The van der Waals surface area contributed by atoms with Gasteiger partial charge in [-0.1, -0.05) is 23.9 Å². The zero-order valence-electron chi connectivity index (χ0n) is 13.2. The lowest BCUT2D eigenvalue weighted by Gasteiger charge is -2.05. The number of hydrogen-bond donors (Lipinski definition) is 1. The Morgan fingerprint density at radius 2 is 2.08 bits per heavy atom. The number of esters is 1. The highest BCUT2D eigenvalue weighted by atomic mass is 32.2. The van der Waals surface area contributed by atoms with Gasteiger partial charge in [0.2, 0.25) is 0 Å². The van der Waals surface area contributed by atoms with E-state index >= 15 is 0 Å². The number of benzene rings is 1. The van der Waals surface area contributed by atoms with Crippen LogP contribution in [0.2, 0.25) is 0 Å². The predicted molar refractivity (Wildman–Crippen MR) is 95.6 cm³/mol. The number of ether oxygens (including phenoxy) is 1. The number of nitrogens with zero attached hydrogens (tertiary/aromatic N) is 1. The van der Waals surface area contributed by atoms with Crippen LogP contribution in [0.15, 0.2) is 34.2 Å². The van der Waals surface area contributed by atoms with Crippen LogP contribution in [0.25, 0.3) is 21.3 Å². The first-order valence-corrected chi connectivity index (χ1v) is 9.35. The second-order valence-corrected chi connectivity index (χ2v) is 8.05. The summed E-state index contributed by atoms with van der Waals surface area (Å²) >= 11 is 2.63. The van der Waals surface area contributed by atoms with E-state index in [-0.39, 0.29) is 22.6 Å². The Morgan fingerprint density at radius 1 is 1.32 bits per heavy atom. The Bertz CT molecular complexity index is 1030. The van der Waals surface area contributed by atoms with Crippen molar-refractivity contribution >= 4 is 39.3 Å². The van der Waals surface area contributed by atoms with Gasteiger partial charge in [0.05, 0.1) is 12.0 Å². The van der Waals surface area contributed by atoms with Crippen LogP contribution in [-0.4, -0.2) is 27.8 Å². The summed E-state index contributed by atoms with van der Waals surface area (Å²) in [5.74, 6) is -0.600. The summed E-state index contributed by atoms with van der Waals surface area (Å²) in [6.07, 6.45) is 0.607. The molecule has 0 saturated carbocycles. The van der Waals surface area contributed by atoms with Gasteiger partial charge < -0.3 is 9.72 Å². The number of fused-ring (bicyclic) bond motifs is 1. The number of carbonyl (C=O) groups excluding carboxylic acids is 1. The molecule has 1 atom stereocenters. The second-order valence-electron chi connectivity index (χ2n) is 5.65. The quantitative estimate of drug-likeness (QED) is 0.559. The van der Waals surface area contributed by atoms with Gasteiger partial charge in [-0.15, -0.1) is 11.3 Å². The predicted octanol–water partition coefficient (Wildman–Crippen LogP) is 3.51. The number of aryl methyl sites for hydroxylation is 1. The molecule has 0 radical (unpaired) electrons. The van der Waals surface area contributed by atoms with Crippen molar-refractivity contribution in [2.45, 2.75) is 23.8 Å². The third-order valence-corrected chi connectivity index (χ3v) is 6.12. The molecule has 8 heteroatoms. The van der Waals surface area contributed by atoms with Crippen molar-refractivity contribution in [2.24, 2.45) is 0 Å². The topological polar surface area (TPSA) is 72.0 Å². The van der Waals surface area contributed by atoms with E-state index < -0.39 is 0 Å². The highest BCUT2D eigenvalue weighted by Crippen LogP contribution is 2.36. The average molecular weight is 376 g/mol. The Kier molecular flexibility index (Phi) is 4.09.